The lowest BCUT2D eigenvalue weighted by atomic mass is 10.1. The highest BCUT2D eigenvalue weighted by atomic mass is 79.9. The van der Waals surface area contributed by atoms with E-state index in [9.17, 15) is 0 Å². The lowest BCUT2D eigenvalue weighted by molar-refractivity contribution is 0.869. The lowest BCUT2D eigenvalue weighted by Crippen LogP contribution is -2.10. The first kappa shape index (κ1) is 14.8. The van der Waals surface area contributed by atoms with E-state index in [1.807, 2.05) is 6.92 Å². The largest absolute Gasteiger partial charge is 0.369 e. The Hall–Kier alpha value is -1.62. The summed E-state index contributed by atoms with van der Waals surface area (Å²) in [6.07, 6.45) is 1.56. The van der Waals surface area contributed by atoms with Crippen LogP contribution >= 0.6 is 15.9 Å². The summed E-state index contributed by atoms with van der Waals surface area (Å²) in [5.74, 6) is 1.60. The van der Waals surface area contributed by atoms with Gasteiger partial charge < -0.3 is 10.6 Å². The normalized spacial score (nSPS) is 12.0. The summed E-state index contributed by atoms with van der Waals surface area (Å²) >= 11 is 3.54. The van der Waals surface area contributed by atoms with Gasteiger partial charge in [-0.25, -0.2) is 9.97 Å². The molecular formula is C15H19BrN4. The molecule has 2 aromatic rings. The molecule has 0 saturated heterocycles. The average Bonchev–Trinajstić information content (AvgIpc) is 2.44. The van der Waals surface area contributed by atoms with Crippen LogP contribution in [0, 0.1) is 6.92 Å². The van der Waals surface area contributed by atoms with Gasteiger partial charge in [0.25, 0.3) is 0 Å². The summed E-state index contributed by atoms with van der Waals surface area (Å²) < 4.78 is 0.862. The third kappa shape index (κ3) is 3.48. The number of aromatic nitrogens is 2. The van der Waals surface area contributed by atoms with Crippen molar-refractivity contribution in [3.63, 3.8) is 0 Å². The highest BCUT2D eigenvalue weighted by Crippen LogP contribution is 2.29. The molecule has 1 aromatic heterocycles. The van der Waals surface area contributed by atoms with Gasteiger partial charge in [0.05, 0.1) is 0 Å². The monoisotopic (exact) mass is 334 g/mol. The molecule has 5 heteroatoms. The minimum absolute atomic E-state index is 0.177. The first-order valence-electron chi connectivity index (χ1n) is 6.69. The van der Waals surface area contributed by atoms with Gasteiger partial charge in [0.1, 0.15) is 22.4 Å². The fourth-order valence-electron chi connectivity index (χ4n) is 1.90. The molecule has 0 bridgehead atoms. The molecule has 1 aromatic carbocycles. The van der Waals surface area contributed by atoms with Crippen LogP contribution in [0.15, 0.2) is 35.1 Å². The maximum absolute atomic E-state index is 4.30. The topological polar surface area (TPSA) is 49.8 Å². The van der Waals surface area contributed by atoms with Crippen molar-refractivity contribution in [3.8, 4) is 0 Å². The molecular weight excluding hydrogens is 316 g/mol. The fourth-order valence-corrected chi connectivity index (χ4v) is 2.36. The predicted molar refractivity (Wildman–Crippen MR) is 87.1 cm³/mol. The third-order valence-electron chi connectivity index (χ3n) is 3.06. The van der Waals surface area contributed by atoms with Crippen molar-refractivity contribution in [1.29, 1.82) is 0 Å². The number of benzene rings is 1. The van der Waals surface area contributed by atoms with Gasteiger partial charge in [-0.3, -0.25) is 0 Å². The van der Waals surface area contributed by atoms with Crippen LogP contribution in [0.2, 0.25) is 0 Å². The number of hydrogen-bond donors (Lipinski definition) is 2. The van der Waals surface area contributed by atoms with E-state index < -0.39 is 0 Å². The summed E-state index contributed by atoms with van der Waals surface area (Å²) in [4.78, 5) is 8.51. The summed E-state index contributed by atoms with van der Waals surface area (Å²) in [6.45, 7) is 7.07. The first-order chi connectivity index (χ1) is 9.61. The molecule has 0 aliphatic carbocycles. The van der Waals surface area contributed by atoms with E-state index >= 15 is 0 Å². The Balaban J connectivity index is 2.17. The number of anilines is 2. The number of hydrogen-bond acceptors (Lipinski definition) is 4. The van der Waals surface area contributed by atoms with Crippen molar-refractivity contribution in [2.45, 2.75) is 26.8 Å². The van der Waals surface area contributed by atoms with Crippen molar-refractivity contribution in [2.75, 3.05) is 17.2 Å². The molecule has 0 aliphatic rings. The van der Waals surface area contributed by atoms with E-state index in [0.717, 1.165) is 22.7 Å². The summed E-state index contributed by atoms with van der Waals surface area (Å²) in [5.41, 5.74) is 2.49. The van der Waals surface area contributed by atoms with Crippen molar-refractivity contribution < 1.29 is 0 Å². The molecule has 2 N–H and O–H groups in total. The average molecular weight is 335 g/mol. The van der Waals surface area contributed by atoms with Crippen LogP contribution in [0.3, 0.4) is 0 Å². The van der Waals surface area contributed by atoms with Crippen molar-refractivity contribution >= 4 is 27.6 Å². The summed E-state index contributed by atoms with van der Waals surface area (Å²) in [7, 11) is 0. The molecule has 106 valence electrons. The Morgan fingerprint density at radius 1 is 1.15 bits per heavy atom. The minimum Gasteiger partial charge on any atom is -0.369 e. The maximum Gasteiger partial charge on any atom is 0.146 e. The van der Waals surface area contributed by atoms with Gasteiger partial charge in [-0.15, -0.1) is 0 Å². The Labute approximate surface area is 128 Å². The second-order valence-electron chi connectivity index (χ2n) is 4.69. The van der Waals surface area contributed by atoms with Gasteiger partial charge >= 0.3 is 0 Å². The number of nitrogens with zero attached hydrogens (tertiary/aromatic N) is 2. The van der Waals surface area contributed by atoms with Gasteiger partial charge in [-0.05, 0) is 42.3 Å². The number of halogens is 1. The zero-order valence-electron chi connectivity index (χ0n) is 11.9. The van der Waals surface area contributed by atoms with Crippen LogP contribution in [-0.4, -0.2) is 16.5 Å². The summed E-state index contributed by atoms with van der Waals surface area (Å²) in [5, 5.41) is 6.61. The molecule has 1 unspecified atom stereocenters. The Morgan fingerprint density at radius 3 is 2.45 bits per heavy atom. The lowest BCUT2D eigenvalue weighted by Gasteiger charge is -2.17. The fraction of sp³-hybridized carbons (Fsp3) is 0.333. The van der Waals surface area contributed by atoms with Crippen LogP contribution in [-0.2, 0) is 0 Å². The minimum atomic E-state index is 0.177. The van der Waals surface area contributed by atoms with Gasteiger partial charge in [-0.2, -0.15) is 0 Å². The van der Waals surface area contributed by atoms with Gasteiger partial charge in [0.2, 0.25) is 0 Å². The molecule has 0 spiro atoms. The Bertz CT molecular complexity index is 569. The second kappa shape index (κ2) is 6.70. The molecule has 1 atom stereocenters. The molecule has 0 aliphatic heterocycles. The number of rotatable bonds is 5. The molecule has 0 amide bonds. The number of aryl methyl sites for hydroxylation is 1. The van der Waals surface area contributed by atoms with Gasteiger partial charge in [0, 0.05) is 12.6 Å². The van der Waals surface area contributed by atoms with Gasteiger partial charge in [-0.1, -0.05) is 29.8 Å². The van der Waals surface area contributed by atoms with Crippen LogP contribution in [0.5, 0.6) is 0 Å². The highest BCUT2D eigenvalue weighted by Gasteiger charge is 2.11. The number of nitrogens with one attached hydrogen (secondary N) is 2. The van der Waals surface area contributed by atoms with Crippen molar-refractivity contribution in [1.82, 2.24) is 9.97 Å². The standard InChI is InChI=1S/C15H19BrN4/c1-4-17-14-13(16)15(19-9-18-14)20-11(3)12-7-5-10(2)6-8-12/h5-9,11H,4H2,1-3H3,(H2,17,18,19,20). The van der Waals surface area contributed by atoms with E-state index in [2.05, 4.69) is 74.6 Å². The SMILES string of the molecule is CCNc1ncnc(NC(C)c2ccc(C)cc2)c1Br. The third-order valence-corrected chi connectivity index (χ3v) is 3.82. The van der Waals surface area contributed by atoms with Crippen LogP contribution in [0.4, 0.5) is 11.6 Å². The Kier molecular flexibility index (Phi) is 4.95. The van der Waals surface area contributed by atoms with Crippen LogP contribution < -0.4 is 10.6 Å². The first-order valence-corrected chi connectivity index (χ1v) is 7.48. The zero-order chi connectivity index (χ0) is 14.5. The maximum atomic E-state index is 4.30. The van der Waals surface area contributed by atoms with Crippen molar-refractivity contribution in [2.24, 2.45) is 0 Å². The smallest absolute Gasteiger partial charge is 0.146 e. The summed E-state index contributed by atoms with van der Waals surface area (Å²) in [6, 6.07) is 8.68. The van der Waals surface area contributed by atoms with E-state index in [0.29, 0.717) is 0 Å². The molecule has 0 radical (unpaired) electrons. The van der Waals surface area contributed by atoms with Crippen LogP contribution in [0.25, 0.3) is 0 Å². The van der Waals surface area contributed by atoms with E-state index in [1.165, 1.54) is 11.1 Å². The molecule has 4 nitrogen and oxygen atoms in total. The van der Waals surface area contributed by atoms with Crippen molar-refractivity contribution in [3.05, 3.63) is 46.2 Å². The predicted octanol–water partition coefficient (Wildman–Crippen LogP) is 4.15. The second-order valence-corrected chi connectivity index (χ2v) is 5.48. The quantitative estimate of drug-likeness (QED) is 0.862. The molecule has 20 heavy (non-hydrogen) atoms. The molecule has 0 fully saturated rings. The Morgan fingerprint density at radius 2 is 1.80 bits per heavy atom. The van der Waals surface area contributed by atoms with E-state index in [4.69, 9.17) is 0 Å². The molecule has 0 saturated carbocycles. The molecule has 2 rings (SSSR count). The van der Waals surface area contributed by atoms with E-state index in [1.54, 1.807) is 6.33 Å². The van der Waals surface area contributed by atoms with Gasteiger partial charge in [0.15, 0.2) is 0 Å². The van der Waals surface area contributed by atoms with Crippen LogP contribution in [0.1, 0.15) is 31.0 Å². The molecule has 1 heterocycles. The van der Waals surface area contributed by atoms with E-state index in [-0.39, 0.29) is 6.04 Å². The zero-order valence-corrected chi connectivity index (χ0v) is 13.5. The highest BCUT2D eigenvalue weighted by molar-refractivity contribution is 9.10.